The molecule has 2 aliphatic rings. The molecule has 0 radical (unpaired) electrons. The fourth-order valence-electron chi connectivity index (χ4n) is 12.2. The maximum Gasteiger partial charge on any atom is 0.332 e. The van der Waals surface area contributed by atoms with Crippen LogP contribution in [0.1, 0.15) is 152 Å². The lowest BCUT2D eigenvalue weighted by molar-refractivity contribution is -0.177. The van der Waals surface area contributed by atoms with E-state index in [9.17, 15) is 19.5 Å². The molecule has 20 heteroatoms. The summed E-state index contributed by atoms with van der Waals surface area (Å²) in [5.74, 6) is -8.68. The Hall–Kier alpha value is -7.22. The summed E-state index contributed by atoms with van der Waals surface area (Å²) in [6, 6.07) is 10.3. The Kier molecular flexibility index (Phi) is 25.4. The van der Waals surface area contributed by atoms with Gasteiger partial charge < -0.3 is 50.3 Å². The smallest absolute Gasteiger partial charge is 0.332 e. The second-order valence-electron chi connectivity index (χ2n) is 26.5. The maximum absolute atomic E-state index is 15.7. The van der Waals surface area contributed by atoms with Crippen molar-refractivity contribution < 1.29 is 53.0 Å². The number of esters is 1. The number of nitrogens with one attached hydrogen (secondary N) is 3. The topological polar surface area (TPSA) is 248 Å². The number of rotatable bonds is 15. The molecule has 484 valence electrons. The lowest BCUT2D eigenvalue weighted by Gasteiger charge is -2.39. The van der Waals surface area contributed by atoms with Crippen molar-refractivity contribution in [3.63, 3.8) is 0 Å². The molecule has 3 heterocycles. The van der Waals surface area contributed by atoms with E-state index in [4.69, 9.17) is 4.74 Å². The van der Waals surface area contributed by atoms with Gasteiger partial charge in [-0.15, -0.1) is 0 Å². The first-order chi connectivity index (χ1) is 41.2. The average Bonchev–Trinajstić information content (AvgIpc) is 4.24. The van der Waals surface area contributed by atoms with Crippen LogP contribution < -0.4 is 16.0 Å². The van der Waals surface area contributed by atoms with Gasteiger partial charge in [0.05, 0.1) is 5.60 Å². The number of cyclic esters (lactones) is 1. The van der Waals surface area contributed by atoms with E-state index in [0.717, 1.165) is 21.7 Å². The Bertz CT molecular complexity index is 2930. The molecule has 0 aliphatic carbocycles. The van der Waals surface area contributed by atoms with Gasteiger partial charge in [-0.05, 0) is 104 Å². The van der Waals surface area contributed by atoms with Crippen LogP contribution in [0.15, 0.2) is 72.9 Å². The van der Waals surface area contributed by atoms with Gasteiger partial charge in [-0.25, -0.2) is 4.79 Å². The minimum atomic E-state index is -1.98. The third kappa shape index (κ3) is 17.6. The lowest BCUT2D eigenvalue weighted by Crippen LogP contribution is -2.63. The number of carbonyl (C=O) groups is 9. The Labute approximate surface area is 522 Å². The first-order valence-corrected chi connectivity index (χ1v) is 31.6. The normalized spacial score (nSPS) is 25.1. The molecule has 8 amide bonds. The molecule has 0 bridgehead atoms. The molecule has 4 N–H and O–H groups in total. The number of aliphatic hydroxyl groups is 1. The van der Waals surface area contributed by atoms with Gasteiger partial charge >= 0.3 is 5.97 Å². The number of hydrogen-bond donors (Lipinski definition) is 4. The molecule has 1 unspecified atom stereocenters. The molecule has 2 aliphatic heterocycles. The number of benzene rings is 2. The van der Waals surface area contributed by atoms with E-state index in [2.05, 4.69) is 34.8 Å². The third-order valence-electron chi connectivity index (χ3n) is 17.6. The monoisotopic (exact) mass is 1220 g/mol. The molecule has 2 aromatic carbocycles. The van der Waals surface area contributed by atoms with E-state index in [1.807, 2.05) is 82.3 Å². The number of hydrogen-bond acceptors (Lipinski definition) is 12. The number of aromatic nitrogens is 1. The highest BCUT2D eigenvalue weighted by molar-refractivity contribution is 5.99. The largest absolute Gasteiger partial charge is 0.450 e. The van der Waals surface area contributed by atoms with Crippen LogP contribution in [0.3, 0.4) is 0 Å². The van der Waals surface area contributed by atoms with E-state index >= 15 is 28.8 Å². The molecular weight excluding hydrogens is 1120 g/mol. The minimum absolute atomic E-state index is 0.0133. The van der Waals surface area contributed by atoms with E-state index in [0.29, 0.717) is 30.4 Å². The van der Waals surface area contributed by atoms with Gasteiger partial charge in [-0.2, -0.15) is 0 Å². The van der Waals surface area contributed by atoms with Crippen molar-refractivity contribution >= 4 is 53.2 Å². The number of ether oxygens (including phenoxy) is 1. The maximum atomic E-state index is 15.7. The fraction of sp³-hybridized carbons (Fsp3) is 0.618. The first-order valence-electron chi connectivity index (χ1n) is 31.6. The molecule has 88 heavy (non-hydrogen) atoms. The minimum Gasteiger partial charge on any atom is -0.450 e. The second kappa shape index (κ2) is 31.3. The Morgan fingerprint density at radius 2 is 1.16 bits per heavy atom. The summed E-state index contributed by atoms with van der Waals surface area (Å²) in [6.45, 7) is 24.8. The number of likely N-dealkylation sites (N-methyl/N-ethyl adjacent to an activating group) is 4. The van der Waals surface area contributed by atoms with Crippen LogP contribution in [-0.2, 0) is 60.7 Å². The van der Waals surface area contributed by atoms with E-state index in [1.165, 1.54) is 61.6 Å². The standard InChI is InChI=1S/C68H101N9O11/c1-19-43(11)54-65(84)74(16)55(41(7)8)60(79)70-50(34-39(3)4)63(82)76(18)58(68(13,14)87)67(86)88-57(44(12)20-2)66(85)75(17)56(42(9)10)61(80)71-51(36-45-26-22-21-23-27-45)62(81)73(15)53(64(83)77-33-25-30-52(77)59(78)72-54)37-46-28-24-29-47(35-46)48-31-32-69-49(38-48)40(5)6/h21-24,26-29,31-32,35,38-44,50-58,87H,19-20,25,30,33-34,36-37H2,1-18H3,(H,70,79)(H,71,80)(H,72,78)/t43-,44-,50-,51-,52-,53-,54?,55-,56-,57+,58+/m0/s1. The van der Waals surface area contributed by atoms with Crippen molar-refractivity contribution in [2.75, 3.05) is 34.7 Å². The van der Waals surface area contributed by atoms with Crippen LogP contribution in [-0.4, -0.2) is 183 Å². The summed E-state index contributed by atoms with van der Waals surface area (Å²) < 4.78 is 6.14. The molecule has 3 aromatic rings. The first kappa shape index (κ1) is 71.5. The molecular formula is C68H101N9O11. The van der Waals surface area contributed by atoms with E-state index in [1.54, 1.807) is 59.9 Å². The fourth-order valence-corrected chi connectivity index (χ4v) is 12.2. The molecule has 11 atom stereocenters. The number of nitrogens with zero attached hydrogens (tertiary/aromatic N) is 6. The van der Waals surface area contributed by atoms with Crippen LogP contribution in [0.4, 0.5) is 0 Å². The summed E-state index contributed by atoms with van der Waals surface area (Å²) >= 11 is 0. The molecule has 20 nitrogen and oxygen atoms in total. The third-order valence-corrected chi connectivity index (χ3v) is 17.6. The van der Waals surface area contributed by atoms with Crippen molar-refractivity contribution in [2.45, 2.75) is 208 Å². The lowest BCUT2D eigenvalue weighted by atomic mass is 9.93. The van der Waals surface area contributed by atoms with Crippen LogP contribution in [0, 0.1) is 29.6 Å². The highest BCUT2D eigenvalue weighted by atomic mass is 16.6. The van der Waals surface area contributed by atoms with Crippen molar-refractivity contribution in [1.82, 2.24) is 45.4 Å². The van der Waals surface area contributed by atoms with Gasteiger partial charge in [0.1, 0.15) is 42.3 Å². The number of carbonyl (C=O) groups excluding carboxylic acids is 9. The highest BCUT2D eigenvalue weighted by Gasteiger charge is 2.48. The number of amides is 8. The predicted octanol–water partition coefficient (Wildman–Crippen LogP) is 6.56. The van der Waals surface area contributed by atoms with Crippen molar-refractivity contribution in [2.24, 2.45) is 29.6 Å². The van der Waals surface area contributed by atoms with Gasteiger partial charge in [-0.3, -0.25) is 43.3 Å². The highest BCUT2D eigenvalue weighted by Crippen LogP contribution is 2.29. The van der Waals surface area contributed by atoms with Crippen molar-refractivity contribution in [1.29, 1.82) is 0 Å². The molecule has 1 aromatic heterocycles. The van der Waals surface area contributed by atoms with Gasteiger partial charge in [0.2, 0.25) is 41.4 Å². The summed E-state index contributed by atoms with van der Waals surface area (Å²) in [5, 5.41) is 20.6. The van der Waals surface area contributed by atoms with Gasteiger partial charge in [0.25, 0.3) is 5.91 Å². The molecule has 2 saturated heterocycles. The average molecular weight is 1220 g/mol. The summed E-state index contributed by atoms with van der Waals surface area (Å²) in [6.07, 6.45) is 1.67. The van der Waals surface area contributed by atoms with E-state index in [-0.39, 0.29) is 44.1 Å². The zero-order valence-corrected chi connectivity index (χ0v) is 55.5. The Morgan fingerprint density at radius 3 is 1.72 bits per heavy atom. The predicted molar refractivity (Wildman–Crippen MR) is 339 cm³/mol. The molecule has 0 saturated carbocycles. The number of pyridine rings is 1. The second-order valence-corrected chi connectivity index (χ2v) is 26.5. The van der Waals surface area contributed by atoms with Crippen LogP contribution in [0.2, 0.25) is 0 Å². The van der Waals surface area contributed by atoms with E-state index < -0.39 is 137 Å². The van der Waals surface area contributed by atoms with Crippen LogP contribution in [0.5, 0.6) is 0 Å². The van der Waals surface area contributed by atoms with Crippen LogP contribution >= 0.6 is 0 Å². The SMILES string of the molecule is CC[C@H](C)C1NC(=O)[C@@H]2CCCN2C(=O)[C@H](Cc2cccc(-c3ccnc(C(C)C)c3)c2)N(C)C(=O)[C@H](Cc2ccccc2)NC(=O)[C@H](C(C)C)N(C)C(=O)[C@@H]([C@@H](C)CC)OC(=O)[C@H](C(C)(C)O)N(C)C(=O)[C@H](CC(C)C)NC(=O)[C@H](C(C)C)N(C)C1=O. The van der Waals surface area contributed by atoms with Crippen molar-refractivity contribution in [3.8, 4) is 11.1 Å². The number of fused-ring (bicyclic) bond motifs is 1. The van der Waals surface area contributed by atoms with Gasteiger partial charge in [-0.1, -0.05) is 144 Å². The molecule has 2 fully saturated rings. The van der Waals surface area contributed by atoms with Crippen LogP contribution in [0.25, 0.3) is 11.1 Å². The summed E-state index contributed by atoms with van der Waals surface area (Å²) in [5.41, 5.74) is 2.04. The Balaban J connectivity index is 1.74. The van der Waals surface area contributed by atoms with Gasteiger partial charge in [0, 0.05) is 65.4 Å². The molecule has 0 spiro atoms. The summed E-state index contributed by atoms with van der Waals surface area (Å²) in [4.78, 5) is 147. The molecule has 5 rings (SSSR count). The Morgan fingerprint density at radius 1 is 0.602 bits per heavy atom. The van der Waals surface area contributed by atoms with Gasteiger partial charge in [0.15, 0.2) is 12.1 Å². The zero-order chi connectivity index (χ0) is 65.8. The summed E-state index contributed by atoms with van der Waals surface area (Å²) in [7, 11) is 5.69. The van der Waals surface area contributed by atoms with Crippen molar-refractivity contribution in [3.05, 3.63) is 89.7 Å². The quantitative estimate of drug-likeness (QED) is 0.118. The zero-order valence-electron chi connectivity index (χ0n) is 55.5.